The number of ether oxygens (including phenoxy) is 1. The van der Waals surface area contributed by atoms with Gasteiger partial charge in [0.05, 0.1) is 10.4 Å². The Morgan fingerprint density at radius 1 is 1.25 bits per heavy atom. The highest BCUT2D eigenvalue weighted by Crippen LogP contribution is 2.19. The molecule has 0 aliphatic rings. The predicted molar refractivity (Wildman–Crippen MR) is 80.0 cm³/mol. The van der Waals surface area contributed by atoms with Gasteiger partial charge >= 0.3 is 5.97 Å². The van der Waals surface area contributed by atoms with Crippen molar-refractivity contribution in [1.82, 2.24) is 0 Å². The molecular weight excluding hydrogens is 272 g/mol. The van der Waals surface area contributed by atoms with E-state index in [2.05, 4.69) is 6.58 Å². The Morgan fingerprint density at radius 2 is 1.95 bits per heavy atom. The summed E-state index contributed by atoms with van der Waals surface area (Å²) in [7, 11) is 0. The van der Waals surface area contributed by atoms with Crippen LogP contribution in [0.1, 0.15) is 38.1 Å². The lowest BCUT2D eigenvalue weighted by Crippen LogP contribution is -2.08. The SMILES string of the molecule is C=Cc1ccc(COC(=O)c2ccsc2C(C)=O)cc1. The first-order chi connectivity index (χ1) is 9.61. The van der Waals surface area contributed by atoms with Crippen LogP contribution in [-0.4, -0.2) is 11.8 Å². The van der Waals surface area contributed by atoms with Crippen LogP contribution in [0.15, 0.2) is 42.3 Å². The van der Waals surface area contributed by atoms with E-state index in [0.717, 1.165) is 11.1 Å². The summed E-state index contributed by atoms with van der Waals surface area (Å²) in [4.78, 5) is 23.8. The first-order valence-electron chi connectivity index (χ1n) is 6.08. The molecule has 20 heavy (non-hydrogen) atoms. The molecule has 0 unspecified atom stereocenters. The molecule has 0 bridgehead atoms. The maximum atomic E-state index is 11.9. The molecule has 1 aromatic heterocycles. The van der Waals surface area contributed by atoms with Crippen LogP contribution in [-0.2, 0) is 11.3 Å². The lowest BCUT2D eigenvalue weighted by atomic mass is 10.1. The zero-order valence-electron chi connectivity index (χ0n) is 11.1. The van der Waals surface area contributed by atoms with E-state index in [9.17, 15) is 9.59 Å². The highest BCUT2D eigenvalue weighted by molar-refractivity contribution is 7.12. The molecule has 2 aromatic rings. The summed E-state index contributed by atoms with van der Waals surface area (Å²) < 4.78 is 5.23. The van der Waals surface area contributed by atoms with Gasteiger partial charge in [0.15, 0.2) is 5.78 Å². The standard InChI is InChI=1S/C16H14O3S/c1-3-12-4-6-13(7-5-12)10-19-16(18)14-8-9-20-15(14)11(2)17/h3-9H,1,10H2,2H3. The molecule has 0 fully saturated rings. The van der Waals surface area contributed by atoms with E-state index < -0.39 is 5.97 Å². The Bertz CT molecular complexity index is 638. The van der Waals surface area contributed by atoms with Crippen LogP contribution in [0.25, 0.3) is 6.08 Å². The van der Waals surface area contributed by atoms with Crippen LogP contribution in [0, 0.1) is 0 Å². The average Bonchev–Trinajstić information content (AvgIpc) is 2.95. The molecule has 3 nitrogen and oxygen atoms in total. The fraction of sp³-hybridized carbons (Fsp3) is 0.125. The molecule has 0 radical (unpaired) electrons. The quantitative estimate of drug-likeness (QED) is 0.617. The molecule has 0 aliphatic carbocycles. The number of rotatable bonds is 5. The molecule has 0 saturated carbocycles. The Morgan fingerprint density at radius 3 is 2.55 bits per heavy atom. The fourth-order valence-electron chi connectivity index (χ4n) is 1.72. The average molecular weight is 286 g/mol. The third-order valence-corrected chi connectivity index (χ3v) is 3.81. The first-order valence-corrected chi connectivity index (χ1v) is 6.96. The molecule has 4 heteroatoms. The number of esters is 1. The van der Waals surface area contributed by atoms with Gasteiger partial charge in [-0.25, -0.2) is 4.79 Å². The van der Waals surface area contributed by atoms with Gasteiger partial charge in [0.25, 0.3) is 0 Å². The zero-order chi connectivity index (χ0) is 14.5. The van der Waals surface area contributed by atoms with E-state index in [1.54, 1.807) is 17.5 Å². The number of carbonyl (C=O) groups excluding carboxylic acids is 2. The zero-order valence-corrected chi connectivity index (χ0v) is 11.9. The van der Waals surface area contributed by atoms with Crippen molar-refractivity contribution in [3.8, 4) is 0 Å². The summed E-state index contributed by atoms with van der Waals surface area (Å²) in [6.07, 6.45) is 1.75. The van der Waals surface area contributed by atoms with Crippen LogP contribution in [0.2, 0.25) is 0 Å². The van der Waals surface area contributed by atoms with Gasteiger partial charge in [0, 0.05) is 0 Å². The molecule has 0 atom stereocenters. The Kier molecular flexibility index (Phi) is 4.48. The summed E-state index contributed by atoms with van der Waals surface area (Å²) in [6, 6.07) is 9.18. The summed E-state index contributed by atoms with van der Waals surface area (Å²) >= 11 is 1.25. The van der Waals surface area contributed by atoms with E-state index in [0.29, 0.717) is 10.4 Å². The third kappa shape index (κ3) is 3.22. The minimum Gasteiger partial charge on any atom is -0.457 e. The Hall–Kier alpha value is -2.20. The first kappa shape index (κ1) is 14.2. The predicted octanol–water partition coefficient (Wildman–Crippen LogP) is 3.95. The van der Waals surface area contributed by atoms with Crippen molar-refractivity contribution in [1.29, 1.82) is 0 Å². The van der Waals surface area contributed by atoms with Gasteiger partial charge in [0.1, 0.15) is 6.61 Å². The molecule has 0 aliphatic heterocycles. The lowest BCUT2D eigenvalue weighted by Gasteiger charge is -2.05. The van der Waals surface area contributed by atoms with Gasteiger partial charge in [-0.05, 0) is 29.5 Å². The van der Waals surface area contributed by atoms with E-state index in [1.165, 1.54) is 18.3 Å². The maximum Gasteiger partial charge on any atom is 0.340 e. The van der Waals surface area contributed by atoms with Crippen molar-refractivity contribution in [2.24, 2.45) is 0 Å². The smallest absolute Gasteiger partial charge is 0.340 e. The Labute approximate surface area is 121 Å². The van der Waals surface area contributed by atoms with Gasteiger partial charge in [0.2, 0.25) is 0 Å². The fourth-order valence-corrected chi connectivity index (χ4v) is 2.50. The van der Waals surface area contributed by atoms with Crippen molar-refractivity contribution in [3.05, 3.63) is 63.9 Å². The van der Waals surface area contributed by atoms with E-state index >= 15 is 0 Å². The number of Topliss-reactive ketones (excluding diaryl/α,β-unsaturated/α-hetero) is 1. The maximum absolute atomic E-state index is 11.9. The number of thiophene rings is 1. The number of ketones is 1. The number of benzene rings is 1. The largest absolute Gasteiger partial charge is 0.457 e. The Balaban J connectivity index is 2.02. The minimum absolute atomic E-state index is 0.123. The molecule has 0 N–H and O–H groups in total. The lowest BCUT2D eigenvalue weighted by molar-refractivity contribution is 0.0471. The molecular formula is C16H14O3S. The topological polar surface area (TPSA) is 43.4 Å². The highest BCUT2D eigenvalue weighted by Gasteiger charge is 2.17. The second-order valence-corrected chi connectivity index (χ2v) is 5.16. The van der Waals surface area contributed by atoms with E-state index in [4.69, 9.17) is 4.74 Å². The van der Waals surface area contributed by atoms with Crippen LogP contribution >= 0.6 is 11.3 Å². The van der Waals surface area contributed by atoms with Crippen molar-refractivity contribution >= 4 is 29.2 Å². The normalized spacial score (nSPS) is 10.1. The molecule has 0 saturated heterocycles. The minimum atomic E-state index is -0.468. The van der Waals surface area contributed by atoms with Crippen LogP contribution in [0.4, 0.5) is 0 Å². The van der Waals surface area contributed by atoms with Gasteiger partial charge in [-0.3, -0.25) is 4.79 Å². The molecule has 102 valence electrons. The van der Waals surface area contributed by atoms with Gasteiger partial charge < -0.3 is 4.74 Å². The second kappa shape index (κ2) is 6.30. The molecule has 1 aromatic carbocycles. The van der Waals surface area contributed by atoms with Gasteiger partial charge in [-0.1, -0.05) is 36.9 Å². The molecule has 0 amide bonds. The van der Waals surface area contributed by atoms with Crippen LogP contribution in [0.3, 0.4) is 0 Å². The number of hydrogen-bond acceptors (Lipinski definition) is 4. The van der Waals surface area contributed by atoms with E-state index in [1.807, 2.05) is 24.3 Å². The third-order valence-electron chi connectivity index (χ3n) is 2.79. The van der Waals surface area contributed by atoms with Crippen LogP contribution < -0.4 is 0 Å². The number of hydrogen-bond donors (Lipinski definition) is 0. The van der Waals surface area contributed by atoms with Gasteiger partial charge in [-0.15, -0.1) is 11.3 Å². The summed E-state index contributed by atoms with van der Waals surface area (Å²) in [5, 5.41) is 1.71. The molecule has 0 spiro atoms. The van der Waals surface area contributed by atoms with Crippen molar-refractivity contribution in [2.45, 2.75) is 13.5 Å². The summed E-state index contributed by atoms with van der Waals surface area (Å²) in [5.41, 5.74) is 2.24. The summed E-state index contributed by atoms with van der Waals surface area (Å²) in [5.74, 6) is -0.591. The second-order valence-electron chi connectivity index (χ2n) is 4.24. The van der Waals surface area contributed by atoms with Crippen molar-refractivity contribution in [2.75, 3.05) is 0 Å². The summed E-state index contributed by atoms with van der Waals surface area (Å²) in [6.45, 7) is 5.30. The number of carbonyl (C=O) groups is 2. The van der Waals surface area contributed by atoms with Crippen molar-refractivity contribution < 1.29 is 14.3 Å². The van der Waals surface area contributed by atoms with Crippen LogP contribution in [0.5, 0.6) is 0 Å². The van der Waals surface area contributed by atoms with Crippen molar-refractivity contribution in [3.63, 3.8) is 0 Å². The molecule has 2 rings (SSSR count). The van der Waals surface area contributed by atoms with Gasteiger partial charge in [-0.2, -0.15) is 0 Å². The highest BCUT2D eigenvalue weighted by atomic mass is 32.1. The monoisotopic (exact) mass is 286 g/mol. The molecule has 1 heterocycles. The van der Waals surface area contributed by atoms with E-state index in [-0.39, 0.29) is 12.4 Å².